The summed E-state index contributed by atoms with van der Waals surface area (Å²) in [7, 11) is 0. The van der Waals surface area contributed by atoms with Crippen molar-refractivity contribution >= 4 is 23.1 Å². The number of rotatable bonds is 7. The zero-order chi connectivity index (χ0) is 21.5. The molecule has 6 heteroatoms. The van der Waals surface area contributed by atoms with Gasteiger partial charge in [-0.05, 0) is 67.6 Å². The number of amides is 1. The molecular formula is C25H22N4O2. The number of hydrogen-bond donors (Lipinski definition) is 2. The van der Waals surface area contributed by atoms with Crippen molar-refractivity contribution in [2.24, 2.45) is 0 Å². The molecule has 0 aliphatic rings. The topological polar surface area (TPSA) is 76.1 Å². The molecule has 0 spiro atoms. The van der Waals surface area contributed by atoms with Gasteiger partial charge in [0.2, 0.25) is 0 Å². The van der Waals surface area contributed by atoms with Crippen molar-refractivity contribution in [3.8, 4) is 17.0 Å². The summed E-state index contributed by atoms with van der Waals surface area (Å²) in [6.45, 7) is 2.54. The first kappa shape index (κ1) is 20.1. The second-order valence-corrected chi connectivity index (χ2v) is 6.78. The lowest BCUT2D eigenvalue weighted by molar-refractivity contribution is 0.102. The van der Waals surface area contributed by atoms with E-state index < -0.39 is 0 Å². The van der Waals surface area contributed by atoms with Crippen LogP contribution in [0.25, 0.3) is 11.3 Å². The Hall–Kier alpha value is -4.19. The first-order valence-electron chi connectivity index (χ1n) is 10.0. The molecule has 3 aromatic carbocycles. The van der Waals surface area contributed by atoms with Crippen LogP contribution in [0.1, 0.15) is 17.3 Å². The highest BCUT2D eigenvalue weighted by Gasteiger charge is 2.07. The summed E-state index contributed by atoms with van der Waals surface area (Å²) < 4.78 is 5.41. The van der Waals surface area contributed by atoms with E-state index in [0.717, 1.165) is 22.7 Å². The minimum Gasteiger partial charge on any atom is -0.494 e. The molecule has 1 aromatic heterocycles. The Morgan fingerprint density at radius 1 is 0.806 bits per heavy atom. The molecule has 0 aliphatic carbocycles. The average Bonchev–Trinajstić information content (AvgIpc) is 2.82. The molecule has 1 amide bonds. The summed E-state index contributed by atoms with van der Waals surface area (Å²) in [4.78, 5) is 12.5. The Balaban J connectivity index is 1.37. The average molecular weight is 410 g/mol. The van der Waals surface area contributed by atoms with Crippen LogP contribution < -0.4 is 15.4 Å². The lowest BCUT2D eigenvalue weighted by atomic mass is 10.1. The summed E-state index contributed by atoms with van der Waals surface area (Å²) >= 11 is 0. The second-order valence-electron chi connectivity index (χ2n) is 6.78. The number of hydrogen-bond acceptors (Lipinski definition) is 5. The summed E-state index contributed by atoms with van der Waals surface area (Å²) in [6, 6.07) is 28.2. The zero-order valence-corrected chi connectivity index (χ0v) is 17.1. The monoisotopic (exact) mass is 410 g/mol. The van der Waals surface area contributed by atoms with E-state index in [-0.39, 0.29) is 5.91 Å². The maximum Gasteiger partial charge on any atom is 0.255 e. The van der Waals surface area contributed by atoms with Crippen LogP contribution in [0, 0.1) is 0 Å². The van der Waals surface area contributed by atoms with Crippen molar-refractivity contribution in [1.29, 1.82) is 0 Å². The van der Waals surface area contributed by atoms with Crippen LogP contribution in [-0.2, 0) is 0 Å². The molecule has 0 saturated carbocycles. The number of ether oxygens (including phenoxy) is 1. The smallest absolute Gasteiger partial charge is 0.255 e. The number of carbonyl (C=O) groups is 1. The van der Waals surface area contributed by atoms with Crippen LogP contribution in [0.2, 0.25) is 0 Å². The third-order valence-corrected chi connectivity index (χ3v) is 4.58. The van der Waals surface area contributed by atoms with E-state index in [2.05, 4.69) is 20.8 Å². The van der Waals surface area contributed by atoms with E-state index in [4.69, 9.17) is 4.74 Å². The SMILES string of the molecule is CCOc1ccc(NC(=O)c2ccc(Nc3ccc(-c4ccccc4)nn3)cc2)cc1. The van der Waals surface area contributed by atoms with Crippen LogP contribution in [0.3, 0.4) is 0 Å². The van der Waals surface area contributed by atoms with E-state index in [9.17, 15) is 4.79 Å². The highest BCUT2D eigenvalue weighted by molar-refractivity contribution is 6.04. The minimum absolute atomic E-state index is 0.178. The highest BCUT2D eigenvalue weighted by Crippen LogP contribution is 2.20. The maximum atomic E-state index is 12.5. The molecule has 0 saturated heterocycles. The van der Waals surface area contributed by atoms with Gasteiger partial charge < -0.3 is 15.4 Å². The zero-order valence-electron chi connectivity index (χ0n) is 17.1. The highest BCUT2D eigenvalue weighted by atomic mass is 16.5. The molecule has 1 heterocycles. The fourth-order valence-corrected chi connectivity index (χ4v) is 3.02. The van der Waals surface area contributed by atoms with Crippen molar-refractivity contribution in [2.45, 2.75) is 6.92 Å². The van der Waals surface area contributed by atoms with Crippen LogP contribution in [0.4, 0.5) is 17.2 Å². The van der Waals surface area contributed by atoms with Gasteiger partial charge in [-0.2, -0.15) is 0 Å². The summed E-state index contributed by atoms with van der Waals surface area (Å²) in [5.41, 5.74) is 3.92. The van der Waals surface area contributed by atoms with Gasteiger partial charge in [0.15, 0.2) is 5.82 Å². The number of anilines is 3. The molecule has 0 radical (unpaired) electrons. The van der Waals surface area contributed by atoms with E-state index in [1.54, 1.807) is 12.1 Å². The van der Waals surface area contributed by atoms with E-state index >= 15 is 0 Å². The Morgan fingerprint density at radius 3 is 2.16 bits per heavy atom. The van der Waals surface area contributed by atoms with Crippen molar-refractivity contribution in [2.75, 3.05) is 17.2 Å². The quantitative estimate of drug-likeness (QED) is 0.418. The van der Waals surface area contributed by atoms with Gasteiger partial charge in [0.1, 0.15) is 5.75 Å². The number of nitrogens with zero attached hydrogens (tertiary/aromatic N) is 2. The van der Waals surface area contributed by atoms with Gasteiger partial charge in [-0.25, -0.2) is 0 Å². The largest absolute Gasteiger partial charge is 0.494 e. The van der Waals surface area contributed by atoms with E-state index in [0.29, 0.717) is 23.7 Å². The number of carbonyl (C=O) groups excluding carboxylic acids is 1. The fourth-order valence-electron chi connectivity index (χ4n) is 3.02. The van der Waals surface area contributed by atoms with Gasteiger partial charge >= 0.3 is 0 Å². The Kier molecular flexibility index (Phi) is 6.18. The molecule has 0 atom stereocenters. The summed E-state index contributed by atoms with van der Waals surface area (Å²) in [6.07, 6.45) is 0. The van der Waals surface area contributed by atoms with Gasteiger partial charge in [-0.15, -0.1) is 10.2 Å². The summed E-state index contributed by atoms with van der Waals surface area (Å²) in [5, 5.41) is 14.6. The number of aromatic nitrogens is 2. The van der Waals surface area contributed by atoms with Crippen molar-refractivity contribution in [1.82, 2.24) is 10.2 Å². The van der Waals surface area contributed by atoms with Gasteiger partial charge in [0.25, 0.3) is 5.91 Å². The second kappa shape index (κ2) is 9.54. The third kappa shape index (κ3) is 5.25. The van der Waals surface area contributed by atoms with Gasteiger partial charge in [0.05, 0.1) is 12.3 Å². The predicted octanol–water partition coefficient (Wildman–Crippen LogP) is 5.54. The fraction of sp³-hybridized carbons (Fsp3) is 0.0800. The van der Waals surface area contributed by atoms with Crippen LogP contribution in [0.5, 0.6) is 5.75 Å². The number of benzene rings is 3. The lowest BCUT2D eigenvalue weighted by Crippen LogP contribution is -2.11. The molecule has 4 rings (SSSR count). The molecule has 31 heavy (non-hydrogen) atoms. The first-order chi connectivity index (χ1) is 15.2. The molecular weight excluding hydrogens is 388 g/mol. The van der Waals surface area contributed by atoms with Gasteiger partial charge in [-0.3, -0.25) is 4.79 Å². The standard InChI is InChI=1S/C25H22N4O2/c1-2-31-22-14-12-21(13-15-22)27-25(30)19-8-10-20(11-9-19)26-24-17-16-23(28-29-24)18-6-4-3-5-7-18/h3-17H,2H2,1H3,(H,26,29)(H,27,30). The van der Waals surface area contributed by atoms with Crippen LogP contribution >= 0.6 is 0 Å². The molecule has 0 fully saturated rings. The van der Waals surface area contributed by atoms with Crippen LogP contribution in [-0.4, -0.2) is 22.7 Å². The maximum absolute atomic E-state index is 12.5. The Morgan fingerprint density at radius 2 is 1.52 bits per heavy atom. The molecule has 0 aliphatic heterocycles. The molecule has 154 valence electrons. The lowest BCUT2D eigenvalue weighted by Gasteiger charge is -2.09. The Bertz CT molecular complexity index is 1130. The predicted molar refractivity (Wildman–Crippen MR) is 123 cm³/mol. The molecule has 6 nitrogen and oxygen atoms in total. The number of nitrogens with one attached hydrogen (secondary N) is 2. The van der Waals surface area contributed by atoms with Crippen molar-refractivity contribution in [3.05, 3.63) is 96.6 Å². The van der Waals surface area contributed by atoms with Crippen molar-refractivity contribution < 1.29 is 9.53 Å². The van der Waals surface area contributed by atoms with Gasteiger partial charge in [0, 0.05) is 22.5 Å². The minimum atomic E-state index is -0.178. The first-order valence-corrected chi connectivity index (χ1v) is 10.0. The van der Waals surface area contributed by atoms with Crippen LogP contribution in [0.15, 0.2) is 91.0 Å². The summed E-state index contributed by atoms with van der Waals surface area (Å²) in [5.74, 6) is 1.23. The molecule has 0 bridgehead atoms. The van der Waals surface area contributed by atoms with Crippen molar-refractivity contribution in [3.63, 3.8) is 0 Å². The molecule has 0 unspecified atom stereocenters. The third-order valence-electron chi connectivity index (χ3n) is 4.58. The normalized spacial score (nSPS) is 10.4. The molecule has 4 aromatic rings. The van der Waals surface area contributed by atoms with E-state index in [1.807, 2.05) is 85.8 Å². The van der Waals surface area contributed by atoms with Gasteiger partial charge in [-0.1, -0.05) is 30.3 Å². The molecule has 2 N–H and O–H groups in total. The Labute approximate surface area is 180 Å². The van der Waals surface area contributed by atoms with E-state index in [1.165, 1.54) is 0 Å².